The standard InChI is InChI=1S/C20H26O3/c1-14-16-10-6-7-11-18(21)20(16,2)13-12-17(14)23-19(22)15-8-4-3-5-9-15/h3-5,8-9,14,16-17H,6-7,10-13H2,1-2H3/t14-,16-,17-,20-/m1/s1. The van der Waals surface area contributed by atoms with Crippen molar-refractivity contribution in [2.24, 2.45) is 17.3 Å². The second-order valence-electron chi connectivity index (χ2n) is 7.40. The summed E-state index contributed by atoms with van der Waals surface area (Å²) in [4.78, 5) is 24.9. The van der Waals surface area contributed by atoms with Crippen LogP contribution < -0.4 is 0 Å². The van der Waals surface area contributed by atoms with E-state index in [-0.39, 0.29) is 23.4 Å². The summed E-state index contributed by atoms with van der Waals surface area (Å²) in [7, 11) is 0. The molecule has 3 heteroatoms. The van der Waals surface area contributed by atoms with Crippen LogP contribution in [0.5, 0.6) is 0 Å². The Morgan fingerprint density at radius 1 is 1.17 bits per heavy atom. The summed E-state index contributed by atoms with van der Waals surface area (Å²) in [5, 5.41) is 0. The largest absolute Gasteiger partial charge is 0.458 e. The van der Waals surface area contributed by atoms with E-state index < -0.39 is 0 Å². The lowest BCUT2D eigenvalue weighted by Crippen LogP contribution is -2.47. The number of hydrogen-bond acceptors (Lipinski definition) is 3. The highest BCUT2D eigenvalue weighted by Crippen LogP contribution is 2.50. The summed E-state index contributed by atoms with van der Waals surface area (Å²) in [6.07, 6.45) is 5.46. The van der Waals surface area contributed by atoms with E-state index in [1.165, 1.54) is 0 Å². The number of fused-ring (bicyclic) bond motifs is 1. The molecule has 1 aromatic carbocycles. The monoisotopic (exact) mass is 314 g/mol. The average Bonchev–Trinajstić information content (AvgIpc) is 2.71. The molecule has 0 amide bonds. The molecule has 1 aromatic rings. The van der Waals surface area contributed by atoms with Crippen molar-refractivity contribution in [2.45, 2.75) is 58.5 Å². The number of carbonyl (C=O) groups is 2. The first-order chi connectivity index (χ1) is 11.0. The molecule has 0 radical (unpaired) electrons. The first kappa shape index (κ1) is 16.2. The zero-order valence-electron chi connectivity index (χ0n) is 14.1. The van der Waals surface area contributed by atoms with Crippen LogP contribution in [0.25, 0.3) is 0 Å². The van der Waals surface area contributed by atoms with E-state index in [1.54, 1.807) is 12.1 Å². The number of benzene rings is 1. The Bertz CT molecular complexity index is 580. The van der Waals surface area contributed by atoms with Crippen LogP contribution in [-0.4, -0.2) is 17.9 Å². The van der Waals surface area contributed by atoms with Crippen LogP contribution in [0.15, 0.2) is 30.3 Å². The normalized spacial score (nSPS) is 34.3. The Morgan fingerprint density at radius 3 is 2.65 bits per heavy atom. The lowest BCUT2D eigenvalue weighted by atomic mass is 9.59. The summed E-state index contributed by atoms with van der Waals surface area (Å²) in [5.74, 6) is 0.744. The number of ether oxygens (including phenoxy) is 1. The van der Waals surface area contributed by atoms with E-state index in [4.69, 9.17) is 4.74 Å². The molecule has 2 aliphatic rings. The van der Waals surface area contributed by atoms with Crippen molar-refractivity contribution in [1.29, 1.82) is 0 Å². The summed E-state index contributed by atoms with van der Waals surface area (Å²) < 4.78 is 5.81. The van der Waals surface area contributed by atoms with Gasteiger partial charge < -0.3 is 4.74 Å². The fourth-order valence-corrected chi connectivity index (χ4v) is 4.54. The first-order valence-electron chi connectivity index (χ1n) is 8.82. The SMILES string of the molecule is C[C@@H]1[C@H]2CCCCC(=O)[C@]2(C)CC[C@H]1OC(=O)c1ccccc1. The lowest BCUT2D eigenvalue weighted by Gasteiger charge is -2.46. The Balaban J connectivity index is 1.74. The highest BCUT2D eigenvalue weighted by molar-refractivity contribution is 5.89. The molecule has 0 bridgehead atoms. The van der Waals surface area contributed by atoms with Crippen LogP contribution in [0, 0.1) is 17.3 Å². The Labute approximate surface area is 138 Å². The second kappa shape index (κ2) is 6.46. The lowest BCUT2D eigenvalue weighted by molar-refractivity contribution is -0.137. The molecule has 0 N–H and O–H groups in total. The van der Waals surface area contributed by atoms with E-state index in [9.17, 15) is 9.59 Å². The summed E-state index contributed by atoms with van der Waals surface area (Å²) in [6.45, 7) is 4.29. The molecule has 2 saturated carbocycles. The fraction of sp³-hybridized carbons (Fsp3) is 0.600. The molecule has 0 spiro atoms. The van der Waals surface area contributed by atoms with E-state index in [0.717, 1.165) is 32.1 Å². The minimum absolute atomic E-state index is 0.0771. The van der Waals surface area contributed by atoms with Crippen LogP contribution in [-0.2, 0) is 9.53 Å². The summed E-state index contributed by atoms with van der Waals surface area (Å²) >= 11 is 0. The number of Topliss-reactive ketones (excluding diaryl/α,β-unsaturated/α-hetero) is 1. The molecule has 2 aliphatic carbocycles. The number of hydrogen-bond donors (Lipinski definition) is 0. The molecule has 0 unspecified atom stereocenters. The van der Waals surface area contributed by atoms with Gasteiger partial charge in [-0.25, -0.2) is 4.79 Å². The van der Waals surface area contributed by atoms with Gasteiger partial charge in [0.2, 0.25) is 0 Å². The van der Waals surface area contributed by atoms with Gasteiger partial charge in [0, 0.05) is 11.8 Å². The van der Waals surface area contributed by atoms with Crippen molar-refractivity contribution in [1.82, 2.24) is 0 Å². The van der Waals surface area contributed by atoms with Gasteiger partial charge in [0.1, 0.15) is 11.9 Å². The maximum Gasteiger partial charge on any atom is 0.338 e. The van der Waals surface area contributed by atoms with Crippen molar-refractivity contribution in [3.8, 4) is 0 Å². The van der Waals surface area contributed by atoms with Gasteiger partial charge in [0.05, 0.1) is 5.56 Å². The van der Waals surface area contributed by atoms with E-state index in [2.05, 4.69) is 13.8 Å². The van der Waals surface area contributed by atoms with Crippen molar-refractivity contribution < 1.29 is 14.3 Å². The van der Waals surface area contributed by atoms with Gasteiger partial charge in [-0.15, -0.1) is 0 Å². The molecular weight excluding hydrogens is 288 g/mol. The Kier molecular flexibility index (Phi) is 4.56. The maximum absolute atomic E-state index is 12.6. The second-order valence-corrected chi connectivity index (χ2v) is 7.40. The third-order valence-electron chi connectivity index (χ3n) is 6.06. The van der Waals surface area contributed by atoms with Crippen molar-refractivity contribution in [3.05, 3.63) is 35.9 Å². The average molecular weight is 314 g/mol. The molecule has 23 heavy (non-hydrogen) atoms. The fourth-order valence-electron chi connectivity index (χ4n) is 4.54. The van der Waals surface area contributed by atoms with Crippen molar-refractivity contribution in [3.63, 3.8) is 0 Å². The van der Waals surface area contributed by atoms with Crippen LogP contribution in [0.4, 0.5) is 0 Å². The maximum atomic E-state index is 12.6. The van der Waals surface area contributed by atoms with Crippen LogP contribution in [0.2, 0.25) is 0 Å². The third kappa shape index (κ3) is 3.06. The van der Waals surface area contributed by atoms with Gasteiger partial charge >= 0.3 is 5.97 Å². The number of ketones is 1. The van der Waals surface area contributed by atoms with E-state index in [1.807, 2.05) is 18.2 Å². The molecule has 2 fully saturated rings. The quantitative estimate of drug-likeness (QED) is 0.760. The number of carbonyl (C=O) groups excluding carboxylic acids is 2. The molecule has 0 aromatic heterocycles. The topological polar surface area (TPSA) is 43.4 Å². The molecule has 0 saturated heterocycles. The van der Waals surface area contributed by atoms with Gasteiger partial charge in [0.25, 0.3) is 0 Å². The van der Waals surface area contributed by atoms with Gasteiger partial charge in [-0.05, 0) is 49.7 Å². The first-order valence-corrected chi connectivity index (χ1v) is 8.82. The molecule has 3 rings (SSSR count). The molecule has 0 heterocycles. The van der Waals surface area contributed by atoms with E-state index >= 15 is 0 Å². The van der Waals surface area contributed by atoms with Gasteiger partial charge in [-0.3, -0.25) is 4.79 Å². The third-order valence-corrected chi connectivity index (χ3v) is 6.06. The predicted octanol–water partition coefficient (Wildman–Crippen LogP) is 4.41. The Hall–Kier alpha value is -1.64. The van der Waals surface area contributed by atoms with Crippen LogP contribution in [0.1, 0.15) is 62.7 Å². The zero-order chi connectivity index (χ0) is 16.4. The zero-order valence-corrected chi connectivity index (χ0v) is 14.1. The smallest absolute Gasteiger partial charge is 0.338 e. The van der Waals surface area contributed by atoms with Crippen molar-refractivity contribution in [2.75, 3.05) is 0 Å². The van der Waals surface area contributed by atoms with E-state index in [0.29, 0.717) is 23.7 Å². The molecule has 3 nitrogen and oxygen atoms in total. The van der Waals surface area contributed by atoms with Gasteiger partial charge in [-0.1, -0.05) is 38.5 Å². The Morgan fingerprint density at radius 2 is 1.91 bits per heavy atom. The van der Waals surface area contributed by atoms with Gasteiger partial charge in [0.15, 0.2) is 0 Å². The number of esters is 1. The highest BCUT2D eigenvalue weighted by atomic mass is 16.5. The molecular formula is C20H26O3. The van der Waals surface area contributed by atoms with Crippen molar-refractivity contribution >= 4 is 11.8 Å². The van der Waals surface area contributed by atoms with Gasteiger partial charge in [-0.2, -0.15) is 0 Å². The highest BCUT2D eigenvalue weighted by Gasteiger charge is 2.50. The molecule has 124 valence electrons. The predicted molar refractivity (Wildman–Crippen MR) is 89.1 cm³/mol. The molecule has 0 aliphatic heterocycles. The van der Waals surface area contributed by atoms with Crippen LogP contribution in [0.3, 0.4) is 0 Å². The number of rotatable bonds is 2. The summed E-state index contributed by atoms with van der Waals surface area (Å²) in [5.41, 5.74) is 0.385. The minimum atomic E-state index is -0.244. The minimum Gasteiger partial charge on any atom is -0.458 e. The summed E-state index contributed by atoms with van der Waals surface area (Å²) in [6, 6.07) is 9.16. The van der Waals surface area contributed by atoms with Crippen LogP contribution >= 0.6 is 0 Å². The molecule has 4 atom stereocenters.